The number of carbonyl (C=O) groups excluding carboxylic acids is 1. The van der Waals surface area contributed by atoms with Gasteiger partial charge in [-0.25, -0.2) is 0 Å². The number of thioether (sulfide) groups is 1. The van der Waals surface area contributed by atoms with Crippen molar-refractivity contribution >= 4 is 17.7 Å². The van der Waals surface area contributed by atoms with E-state index in [2.05, 4.69) is 5.32 Å². The van der Waals surface area contributed by atoms with Crippen LogP contribution in [0, 0.1) is 5.92 Å². The van der Waals surface area contributed by atoms with Crippen molar-refractivity contribution < 1.29 is 9.90 Å². The zero-order valence-electron chi connectivity index (χ0n) is 7.95. The van der Waals surface area contributed by atoms with Crippen molar-refractivity contribution in [3.63, 3.8) is 0 Å². The average Bonchev–Trinajstić information content (AvgIpc) is 2.15. The number of aliphatic hydroxyl groups excluding tert-OH is 1. The van der Waals surface area contributed by atoms with Crippen LogP contribution in [0.3, 0.4) is 0 Å². The Kier molecular flexibility index (Phi) is 4.59. The molecule has 0 aromatic heterocycles. The highest BCUT2D eigenvalue weighted by Gasteiger charge is 2.20. The lowest BCUT2D eigenvalue weighted by Crippen LogP contribution is -2.36. The van der Waals surface area contributed by atoms with E-state index in [4.69, 9.17) is 5.11 Å². The minimum absolute atomic E-state index is 0.112. The van der Waals surface area contributed by atoms with E-state index in [0.717, 1.165) is 24.3 Å². The minimum atomic E-state index is -0.443. The summed E-state index contributed by atoms with van der Waals surface area (Å²) in [5.41, 5.74) is 0. The second-order valence-corrected chi connectivity index (χ2v) is 4.71. The minimum Gasteiger partial charge on any atom is -0.392 e. The van der Waals surface area contributed by atoms with Crippen LogP contribution in [0.5, 0.6) is 0 Å². The molecule has 1 atom stereocenters. The van der Waals surface area contributed by atoms with E-state index < -0.39 is 6.10 Å². The number of aliphatic hydroxyl groups is 1. The normalized spacial score (nSPS) is 21.1. The smallest absolute Gasteiger partial charge is 0.223 e. The maximum absolute atomic E-state index is 11.5. The lowest BCUT2D eigenvalue weighted by Gasteiger charge is -2.20. The molecule has 0 saturated carbocycles. The van der Waals surface area contributed by atoms with Crippen LogP contribution in [0.4, 0.5) is 0 Å². The molecule has 0 spiro atoms. The Morgan fingerprint density at radius 2 is 2.23 bits per heavy atom. The van der Waals surface area contributed by atoms with Gasteiger partial charge in [-0.3, -0.25) is 4.79 Å². The van der Waals surface area contributed by atoms with E-state index in [9.17, 15) is 4.79 Å². The van der Waals surface area contributed by atoms with Gasteiger partial charge in [-0.15, -0.1) is 0 Å². The molecule has 0 aromatic rings. The Balaban J connectivity index is 2.21. The molecule has 1 saturated heterocycles. The highest BCUT2D eigenvalue weighted by molar-refractivity contribution is 7.99. The average molecular weight is 203 g/mol. The molecule has 1 amide bonds. The summed E-state index contributed by atoms with van der Waals surface area (Å²) in [5.74, 6) is 2.47. The van der Waals surface area contributed by atoms with Gasteiger partial charge in [0.15, 0.2) is 0 Å². The Labute approximate surface area is 83.3 Å². The first-order valence-electron chi connectivity index (χ1n) is 4.73. The number of nitrogens with one attached hydrogen (secondary N) is 1. The lowest BCUT2D eigenvalue weighted by atomic mass is 10.0. The molecule has 1 fully saturated rings. The van der Waals surface area contributed by atoms with Crippen LogP contribution in [-0.2, 0) is 4.79 Å². The molecule has 0 aromatic carbocycles. The summed E-state index contributed by atoms with van der Waals surface area (Å²) < 4.78 is 0. The van der Waals surface area contributed by atoms with Gasteiger partial charge >= 0.3 is 0 Å². The summed E-state index contributed by atoms with van der Waals surface area (Å²) in [4.78, 5) is 11.5. The Bertz CT molecular complexity index is 167. The first-order valence-corrected chi connectivity index (χ1v) is 5.89. The molecule has 1 aliphatic rings. The Morgan fingerprint density at radius 1 is 1.62 bits per heavy atom. The van der Waals surface area contributed by atoms with Gasteiger partial charge in [0.25, 0.3) is 0 Å². The van der Waals surface area contributed by atoms with Crippen LogP contribution in [0.15, 0.2) is 0 Å². The summed E-state index contributed by atoms with van der Waals surface area (Å²) in [5, 5.41) is 11.7. The number of amides is 1. The molecule has 2 N–H and O–H groups in total. The van der Waals surface area contributed by atoms with E-state index in [0.29, 0.717) is 6.54 Å². The number of carbonyl (C=O) groups is 1. The third-order valence-corrected chi connectivity index (χ3v) is 3.21. The number of rotatable bonds is 3. The zero-order chi connectivity index (χ0) is 9.68. The highest BCUT2D eigenvalue weighted by Crippen LogP contribution is 2.22. The molecular formula is C9H17NO2S. The summed E-state index contributed by atoms with van der Waals surface area (Å²) in [7, 11) is 0. The predicted molar refractivity (Wildman–Crippen MR) is 54.7 cm³/mol. The standard InChI is InChI=1S/C9H17NO2S/c1-7(11)6-10-9(12)8-2-4-13-5-3-8/h7-8,11H,2-6H2,1H3,(H,10,12)/t7-/m1/s1. The van der Waals surface area contributed by atoms with Crippen LogP contribution < -0.4 is 5.32 Å². The Morgan fingerprint density at radius 3 is 2.77 bits per heavy atom. The fourth-order valence-electron chi connectivity index (χ4n) is 1.35. The van der Waals surface area contributed by atoms with Gasteiger partial charge in [-0.2, -0.15) is 11.8 Å². The molecular weight excluding hydrogens is 186 g/mol. The SMILES string of the molecule is C[C@@H](O)CNC(=O)C1CCSCC1. The summed E-state index contributed by atoms with van der Waals surface area (Å²) in [6.07, 6.45) is 1.52. The van der Waals surface area contributed by atoms with Crippen molar-refractivity contribution in [2.75, 3.05) is 18.1 Å². The molecule has 3 nitrogen and oxygen atoms in total. The van der Waals surface area contributed by atoms with Gasteiger partial charge in [-0.05, 0) is 31.3 Å². The second-order valence-electron chi connectivity index (χ2n) is 3.48. The first-order chi connectivity index (χ1) is 6.20. The molecule has 1 rings (SSSR count). The summed E-state index contributed by atoms with van der Waals surface area (Å²) >= 11 is 1.91. The van der Waals surface area contributed by atoms with Crippen LogP contribution in [0.1, 0.15) is 19.8 Å². The van der Waals surface area contributed by atoms with Gasteiger partial charge in [0, 0.05) is 12.5 Å². The first kappa shape index (κ1) is 10.9. The van der Waals surface area contributed by atoms with Gasteiger partial charge in [0.1, 0.15) is 0 Å². The molecule has 0 unspecified atom stereocenters. The molecule has 0 bridgehead atoms. The van der Waals surface area contributed by atoms with Gasteiger partial charge in [0.05, 0.1) is 6.10 Å². The van der Waals surface area contributed by atoms with Crippen molar-refractivity contribution in [3.8, 4) is 0 Å². The molecule has 1 aliphatic heterocycles. The van der Waals surface area contributed by atoms with Crippen molar-refractivity contribution in [2.45, 2.75) is 25.9 Å². The topological polar surface area (TPSA) is 49.3 Å². The van der Waals surface area contributed by atoms with E-state index >= 15 is 0 Å². The van der Waals surface area contributed by atoms with Crippen molar-refractivity contribution in [2.24, 2.45) is 5.92 Å². The Hall–Kier alpha value is -0.220. The van der Waals surface area contributed by atoms with Crippen LogP contribution in [0.25, 0.3) is 0 Å². The fraction of sp³-hybridized carbons (Fsp3) is 0.889. The van der Waals surface area contributed by atoms with Gasteiger partial charge in [-0.1, -0.05) is 0 Å². The maximum atomic E-state index is 11.5. The largest absolute Gasteiger partial charge is 0.392 e. The summed E-state index contributed by atoms with van der Waals surface area (Å²) in [6, 6.07) is 0. The van der Waals surface area contributed by atoms with Gasteiger partial charge in [0.2, 0.25) is 5.91 Å². The molecule has 4 heteroatoms. The number of hydrogen-bond donors (Lipinski definition) is 2. The van der Waals surface area contributed by atoms with Crippen molar-refractivity contribution in [1.82, 2.24) is 5.32 Å². The molecule has 0 aliphatic carbocycles. The third kappa shape index (κ3) is 4.00. The van der Waals surface area contributed by atoms with Crippen LogP contribution in [0.2, 0.25) is 0 Å². The van der Waals surface area contributed by atoms with Crippen molar-refractivity contribution in [3.05, 3.63) is 0 Å². The van der Waals surface area contributed by atoms with Gasteiger partial charge < -0.3 is 10.4 Å². The monoisotopic (exact) mass is 203 g/mol. The maximum Gasteiger partial charge on any atom is 0.223 e. The van der Waals surface area contributed by atoms with E-state index in [1.54, 1.807) is 6.92 Å². The molecule has 1 heterocycles. The van der Waals surface area contributed by atoms with Crippen molar-refractivity contribution in [1.29, 1.82) is 0 Å². The van der Waals surface area contributed by atoms with Crippen LogP contribution in [-0.4, -0.2) is 35.2 Å². The van der Waals surface area contributed by atoms with E-state index in [1.165, 1.54) is 0 Å². The molecule has 13 heavy (non-hydrogen) atoms. The van der Waals surface area contributed by atoms with E-state index in [1.807, 2.05) is 11.8 Å². The molecule has 0 radical (unpaired) electrons. The number of hydrogen-bond acceptors (Lipinski definition) is 3. The van der Waals surface area contributed by atoms with E-state index in [-0.39, 0.29) is 11.8 Å². The highest BCUT2D eigenvalue weighted by atomic mass is 32.2. The second kappa shape index (κ2) is 5.50. The third-order valence-electron chi connectivity index (χ3n) is 2.16. The predicted octanol–water partition coefficient (Wildman–Crippen LogP) is 0.627. The van der Waals surface area contributed by atoms with Crippen LogP contribution >= 0.6 is 11.8 Å². The molecule has 76 valence electrons. The fourth-order valence-corrected chi connectivity index (χ4v) is 2.46. The summed E-state index contributed by atoms with van der Waals surface area (Å²) in [6.45, 7) is 2.06. The lowest BCUT2D eigenvalue weighted by molar-refractivity contribution is -0.125. The zero-order valence-corrected chi connectivity index (χ0v) is 8.77. The quantitative estimate of drug-likeness (QED) is 0.707.